The lowest BCUT2D eigenvalue weighted by molar-refractivity contribution is -0.1000. The Morgan fingerprint density at radius 1 is 1.50 bits per heavy atom. The van der Waals surface area contributed by atoms with Crippen molar-refractivity contribution in [1.29, 1.82) is 0 Å². The third kappa shape index (κ3) is 1.80. The molecule has 1 aliphatic heterocycles. The summed E-state index contributed by atoms with van der Waals surface area (Å²) in [4.78, 5) is 0. The molecule has 2 fully saturated rings. The third-order valence-electron chi connectivity index (χ3n) is 3.08. The van der Waals surface area contributed by atoms with Crippen molar-refractivity contribution >= 4 is 0 Å². The Balaban J connectivity index is 1.66. The van der Waals surface area contributed by atoms with Gasteiger partial charge in [0.15, 0.2) is 0 Å². The summed E-state index contributed by atoms with van der Waals surface area (Å²) in [6.07, 6.45) is 2.86. The van der Waals surface area contributed by atoms with E-state index in [0.29, 0.717) is 5.41 Å². The Kier molecular flexibility index (Phi) is 2.13. The zero-order valence-electron chi connectivity index (χ0n) is 8.10. The molecule has 0 bridgehead atoms. The molecular formula is C10H19NO. The molecule has 70 valence electrons. The molecule has 2 aliphatic rings. The monoisotopic (exact) mass is 169 g/mol. The summed E-state index contributed by atoms with van der Waals surface area (Å²) in [6, 6.07) is 0.724. The van der Waals surface area contributed by atoms with E-state index < -0.39 is 0 Å². The van der Waals surface area contributed by atoms with Crippen LogP contribution >= 0.6 is 0 Å². The molecule has 1 aliphatic carbocycles. The number of rotatable bonds is 4. The van der Waals surface area contributed by atoms with Crippen LogP contribution in [0.1, 0.15) is 26.7 Å². The van der Waals surface area contributed by atoms with Gasteiger partial charge in [-0.2, -0.15) is 0 Å². The molecule has 1 N–H and O–H groups in total. The summed E-state index contributed by atoms with van der Waals surface area (Å²) >= 11 is 0. The lowest BCUT2D eigenvalue weighted by Crippen LogP contribution is -2.49. The predicted molar refractivity (Wildman–Crippen MR) is 49.1 cm³/mol. The third-order valence-corrected chi connectivity index (χ3v) is 3.08. The molecule has 1 unspecified atom stereocenters. The minimum Gasteiger partial charge on any atom is -0.380 e. The van der Waals surface area contributed by atoms with Gasteiger partial charge in [-0.25, -0.2) is 0 Å². The second kappa shape index (κ2) is 3.00. The van der Waals surface area contributed by atoms with E-state index in [0.717, 1.165) is 31.7 Å². The van der Waals surface area contributed by atoms with Crippen LogP contribution in [0.15, 0.2) is 0 Å². The van der Waals surface area contributed by atoms with E-state index in [4.69, 9.17) is 4.74 Å². The first-order chi connectivity index (χ1) is 5.70. The van der Waals surface area contributed by atoms with Crippen LogP contribution in [0.25, 0.3) is 0 Å². The van der Waals surface area contributed by atoms with Gasteiger partial charge in [-0.1, -0.05) is 6.92 Å². The van der Waals surface area contributed by atoms with Crippen molar-refractivity contribution in [1.82, 2.24) is 5.32 Å². The van der Waals surface area contributed by atoms with Crippen molar-refractivity contribution in [3.63, 3.8) is 0 Å². The fourth-order valence-electron chi connectivity index (χ4n) is 1.72. The quantitative estimate of drug-likeness (QED) is 0.687. The van der Waals surface area contributed by atoms with Crippen LogP contribution in [-0.2, 0) is 4.74 Å². The molecule has 0 spiro atoms. The fourth-order valence-corrected chi connectivity index (χ4v) is 1.72. The van der Waals surface area contributed by atoms with Gasteiger partial charge in [0.05, 0.1) is 13.2 Å². The summed E-state index contributed by atoms with van der Waals surface area (Å²) in [5.74, 6) is 0.967. The summed E-state index contributed by atoms with van der Waals surface area (Å²) in [7, 11) is 0. The van der Waals surface area contributed by atoms with Gasteiger partial charge in [0, 0.05) is 18.0 Å². The first-order valence-corrected chi connectivity index (χ1v) is 5.01. The molecule has 0 aromatic rings. The second-order valence-corrected chi connectivity index (χ2v) is 4.81. The van der Waals surface area contributed by atoms with Gasteiger partial charge >= 0.3 is 0 Å². The van der Waals surface area contributed by atoms with Crippen LogP contribution in [0.5, 0.6) is 0 Å². The largest absolute Gasteiger partial charge is 0.380 e. The summed E-state index contributed by atoms with van der Waals surface area (Å²) in [6.45, 7) is 7.61. The minimum absolute atomic E-state index is 0.434. The standard InChI is InChI=1S/C10H19NO/c1-8(9-3-4-9)11-5-10(2)6-12-7-10/h8-9,11H,3-7H2,1-2H3. The zero-order chi connectivity index (χ0) is 8.60. The Bertz CT molecular complexity index is 161. The number of hydrogen-bond donors (Lipinski definition) is 1. The Morgan fingerprint density at radius 3 is 2.58 bits per heavy atom. The molecule has 2 heteroatoms. The van der Waals surface area contributed by atoms with Crippen LogP contribution in [0.2, 0.25) is 0 Å². The predicted octanol–water partition coefficient (Wildman–Crippen LogP) is 1.41. The Labute approximate surface area is 74.7 Å². The topological polar surface area (TPSA) is 21.3 Å². The van der Waals surface area contributed by atoms with Crippen LogP contribution in [0.4, 0.5) is 0 Å². The average molecular weight is 169 g/mol. The van der Waals surface area contributed by atoms with Crippen molar-refractivity contribution in [2.45, 2.75) is 32.7 Å². The molecule has 12 heavy (non-hydrogen) atoms. The zero-order valence-corrected chi connectivity index (χ0v) is 8.10. The van der Waals surface area contributed by atoms with Crippen molar-refractivity contribution < 1.29 is 4.74 Å². The lowest BCUT2D eigenvalue weighted by Gasteiger charge is -2.39. The van der Waals surface area contributed by atoms with Crippen LogP contribution in [0.3, 0.4) is 0 Å². The van der Waals surface area contributed by atoms with E-state index in [1.165, 1.54) is 12.8 Å². The highest BCUT2D eigenvalue weighted by Gasteiger charge is 2.35. The molecule has 1 saturated heterocycles. The first kappa shape index (κ1) is 8.52. The van der Waals surface area contributed by atoms with Gasteiger partial charge in [-0.3, -0.25) is 0 Å². The van der Waals surface area contributed by atoms with Gasteiger partial charge in [0.25, 0.3) is 0 Å². The summed E-state index contributed by atoms with van der Waals surface area (Å²) < 4.78 is 5.21. The highest BCUT2D eigenvalue weighted by atomic mass is 16.5. The minimum atomic E-state index is 0.434. The van der Waals surface area contributed by atoms with E-state index in [9.17, 15) is 0 Å². The summed E-state index contributed by atoms with van der Waals surface area (Å²) in [5.41, 5.74) is 0.434. The van der Waals surface area contributed by atoms with Crippen molar-refractivity contribution in [2.75, 3.05) is 19.8 Å². The molecule has 2 rings (SSSR count). The molecule has 0 aromatic carbocycles. The molecule has 1 saturated carbocycles. The van der Waals surface area contributed by atoms with Gasteiger partial charge in [0.2, 0.25) is 0 Å². The van der Waals surface area contributed by atoms with Crippen molar-refractivity contribution in [2.24, 2.45) is 11.3 Å². The van der Waals surface area contributed by atoms with E-state index in [2.05, 4.69) is 19.2 Å². The van der Waals surface area contributed by atoms with Gasteiger partial charge in [0.1, 0.15) is 0 Å². The maximum atomic E-state index is 5.21. The average Bonchev–Trinajstić information content (AvgIpc) is 2.78. The molecule has 0 radical (unpaired) electrons. The van der Waals surface area contributed by atoms with Gasteiger partial charge in [-0.05, 0) is 25.7 Å². The summed E-state index contributed by atoms with van der Waals surface area (Å²) in [5, 5.41) is 3.61. The molecule has 0 aromatic heterocycles. The number of hydrogen-bond acceptors (Lipinski definition) is 2. The van der Waals surface area contributed by atoms with Gasteiger partial charge in [-0.15, -0.1) is 0 Å². The number of nitrogens with one attached hydrogen (secondary N) is 1. The molecule has 1 atom stereocenters. The molecule has 1 heterocycles. The van der Waals surface area contributed by atoms with Crippen molar-refractivity contribution in [3.8, 4) is 0 Å². The normalized spacial score (nSPS) is 29.5. The van der Waals surface area contributed by atoms with Crippen molar-refractivity contribution in [3.05, 3.63) is 0 Å². The Morgan fingerprint density at radius 2 is 2.17 bits per heavy atom. The Hall–Kier alpha value is -0.0800. The van der Waals surface area contributed by atoms with Crippen LogP contribution in [0, 0.1) is 11.3 Å². The SMILES string of the molecule is CC(NCC1(C)COC1)C1CC1. The maximum Gasteiger partial charge on any atom is 0.0554 e. The fraction of sp³-hybridized carbons (Fsp3) is 1.00. The first-order valence-electron chi connectivity index (χ1n) is 5.01. The van der Waals surface area contributed by atoms with Gasteiger partial charge < -0.3 is 10.1 Å². The smallest absolute Gasteiger partial charge is 0.0554 e. The van der Waals surface area contributed by atoms with Crippen LogP contribution < -0.4 is 5.32 Å². The molecule has 0 amide bonds. The highest BCUT2D eigenvalue weighted by molar-refractivity contribution is 4.88. The van der Waals surface area contributed by atoms with E-state index >= 15 is 0 Å². The maximum absolute atomic E-state index is 5.21. The molecular weight excluding hydrogens is 150 g/mol. The number of ether oxygens (including phenoxy) is 1. The lowest BCUT2D eigenvalue weighted by atomic mass is 9.88. The molecule has 2 nitrogen and oxygen atoms in total. The van der Waals surface area contributed by atoms with Crippen LogP contribution in [-0.4, -0.2) is 25.8 Å². The van der Waals surface area contributed by atoms with E-state index in [1.807, 2.05) is 0 Å². The van der Waals surface area contributed by atoms with E-state index in [-0.39, 0.29) is 0 Å². The second-order valence-electron chi connectivity index (χ2n) is 4.81. The van der Waals surface area contributed by atoms with E-state index in [1.54, 1.807) is 0 Å². The highest BCUT2D eigenvalue weighted by Crippen LogP contribution is 2.33.